The molecule has 0 amide bonds. The van der Waals surface area contributed by atoms with Gasteiger partial charge in [-0.15, -0.1) is 24.9 Å². The summed E-state index contributed by atoms with van der Waals surface area (Å²) in [7, 11) is 1.38. The molecule has 3 aromatic rings. The number of benzene rings is 2. The molecule has 1 aromatic heterocycles. The maximum absolute atomic E-state index is 12.3. The van der Waals surface area contributed by atoms with Crippen molar-refractivity contribution in [3.63, 3.8) is 0 Å². The van der Waals surface area contributed by atoms with Crippen molar-refractivity contribution >= 4 is 29.3 Å². The number of esters is 1. The summed E-state index contributed by atoms with van der Waals surface area (Å²) >= 11 is 2.82. The first-order valence-corrected chi connectivity index (χ1v) is 12.6. The van der Waals surface area contributed by atoms with Gasteiger partial charge in [0.05, 0.1) is 12.9 Å². The summed E-state index contributed by atoms with van der Waals surface area (Å²) in [5, 5.41) is 0.786. The smallest absolute Gasteiger partial charge is 0.475 e. The SMILES string of the molecule is COC(=O)C1(Oc2ccc(SCc3nc(-c4ccc(OC(F)(F)F)cc4)ns3)cc2C)CCCC1. The fourth-order valence-corrected chi connectivity index (χ4v) is 5.53. The number of methoxy groups -OCH3 is 1. The lowest BCUT2D eigenvalue weighted by Gasteiger charge is -2.28. The van der Waals surface area contributed by atoms with Crippen LogP contribution >= 0.6 is 23.3 Å². The van der Waals surface area contributed by atoms with Gasteiger partial charge < -0.3 is 14.2 Å². The summed E-state index contributed by atoms with van der Waals surface area (Å²) in [6, 6.07) is 11.3. The molecular formula is C24H23F3N2O4S2. The maximum Gasteiger partial charge on any atom is 0.573 e. The molecular weight excluding hydrogens is 501 g/mol. The molecule has 186 valence electrons. The maximum atomic E-state index is 12.3. The number of thioether (sulfide) groups is 1. The number of carbonyl (C=O) groups is 1. The van der Waals surface area contributed by atoms with Gasteiger partial charge >= 0.3 is 12.3 Å². The third-order valence-corrected chi connectivity index (χ3v) is 7.50. The van der Waals surface area contributed by atoms with Crippen molar-refractivity contribution in [1.82, 2.24) is 9.36 Å². The zero-order chi connectivity index (χ0) is 25.1. The lowest BCUT2D eigenvalue weighted by molar-refractivity contribution is -0.274. The van der Waals surface area contributed by atoms with Crippen LogP contribution in [0.25, 0.3) is 11.4 Å². The number of carbonyl (C=O) groups excluding carboxylic acids is 1. The van der Waals surface area contributed by atoms with Crippen molar-refractivity contribution in [3.8, 4) is 22.9 Å². The molecule has 6 nitrogen and oxygen atoms in total. The number of aryl methyl sites for hydroxylation is 1. The monoisotopic (exact) mass is 524 g/mol. The minimum atomic E-state index is -4.73. The van der Waals surface area contributed by atoms with E-state index < -0.39 is 12.0 Å². The highest BCUT2D eigenvalue weighted by Gasteiger charge is 2.45. The first-order valence-electron chi connectivity index (χ1n) is 10.9. The van der Waals surface area contributed by atoms with Gasteiger partial charge in [0.25, 0.3) is 0 Å². The number of hydrogen-bond donors (Lipinski definition) is 0. The van der Waals surface area contributed by atoms with E-state index in [1.165, 1.54) is 42.9 Å². The molecule has 0 atom stereocenters. The Bertz CT molecular complexity index is 1180. The van der Waals surface area contributed by atoms with Crippen LogP contribution in [0.3, 0.4) is 0 Å². The number of nitrogens with zero attached hydrogens (tertiary/aromatic N) is 2. The largest absolute Gasteiger partial charge is 0.573 e. The van der Waals surface area contributed by atoms with Crippen molar-refractivity contribution in [2.75, 3.05) is 7.11 Å². The lowest BCUT2D eigenvalue weighted by Crippen LogP contribution is -2.42. The number of aromatic nitrogens is 2. The minimum absolute atomic E-state index is 0.291. The van der Waals surface area contributed by atoms with E-state index in [0.29, 0.717) is 35.7 Å². The van der Waals surface area contributed by atoms with E-state index in [9.17, 15) is 18.0 Å². The Labute approximate surface area is 209 Å². The Morgan fingerprint density at radius 1 is 1.14 bits per heavy atom. The summed E-state index contributed by atoms with van der Waals surface area (Å²) in [5.74, 6) is 1.08. The Morgan fingerprint density at radius 2 is 1.86 bits per heavy atom. The van der Waals surface area contributed by atoms with Crippen molar-refractivity contribution in [2.45, 2.75) is 55.2 Å². The van der Waals surface area contributed by atoms with E-state index in [2.05, 4.69) is 14.1 Å². The molecule has 0 bridgehead atoms. The highest BCUT2D eigenvalue weighted by Crippen LogP contribution is 2.38. The number of rotatable bonds is 8. The second kappa shape index (κ2) is 10.4. The summed E-state index contributed by atoms with van der Waals surface area (Å²) in [5.41, 5.74) is 0.619. The van der Waals surface area contributed by atoms with E-state index in [4.69, 9.17) is 9.47 Å². The molecule has 1 saturated carbocycles. The average molecular weight is 525 g/mol. The average Bonchev–Trinajstić information content (AvgIpc) is 3.49. The van der Waals surface area contributed by atoms with Crippen LogP contribution < -0.4 is 9.47 Å². The van der Waals surface area contributed by atoms with Gasteiger partial charge in [0.1, 0.15) is 16.5 Å². The molecule has 1 heterocycles. The molecule has 0 N–H and O–H groups in total. The zero-order valence-electron chi connectivity index (χ0n) is 19.1. The van der Waals surface area contributed by atoms with Crippen LogP contribution in [0.15, 0.2) is 47.4 Å². The van der Waals surface area contributed by atoms with Crippen molar-refractivity contribution in [3.05, 3.63) is 53.0 Å². The van der Waals surface area contributed by atoms with Crippen molar-refractivity contribution in [1.29, 1.82) is 0 Å². The molecule has 0 radical (unpaired) electrons. The number of hydrogen-bond acceptors (Lipinski definition) is 8. The molecule has 0 spiro atoms. The lowest BCUT2D eigenvalue weighted by atomic mass is 10.0. The van der Waals surface area contributed by atoms with Crippen LogP contribution in [-0.2, 0) is 15.3 Å². The molecule has 0 aliphatic heterocycles. The number of halogens is 3. The van der Waals surface area contributed by atoms with Crippen LogP contribution in [0.5, 0.6) is 11.5 Å². The quantitative estimate of drug-likeness (QED) is 0.244. The summed E-state index contributed by atoms with van der Waals surface area (Å²) in [6.07, 6.45) is -1.58. The van der Waals surface area contributed by atoms with Gasteiger partial charge in [-0.05, 0) is 92.2 Å². The van der Waals surface area contributed by atoms with Gasteiger partial charge in [-0.2, -0.15) is 4.37 Å². The fraction of sp³-hybridized carbons (Fsp3) is 0.375. The Morgan fingerprint density at radius 3 is 2.49 bits per heavy atom. The van der Waals surface area contributed by atoms with Gasteiger partial charge in [0.15, 0.2) is 5.82 Å². The Kier molecular flexibility index (Phi) is 7.56. The predicted molar refractivity (Wildman–Crippen MR) is 127 cm³/mol. The van der Waals surface area contributed by atoms with Crippen molar-refractivity contribution in [2.24, 2.45) is 0 Å². The second-order valence-corrected chi connectivity index (χ2v) is 9.98. The van der Waals surface area contributed by atoms with Gasteiger partial charge in [-0.25, -0.2) is 9.78 Å². The molecule has 0 saturated heterocycles. The van der Waals surface area contributed by atoms with Crippen LogP contribution in [-0.4, -0.2) is 34.4 Å². The van der Waals surface area contributed by atoms with Gasteiger partial charge in [-0.1, -0.05) is 0 Å². The highest BCUT2D eigenvalue weighted by molar-refractivity contribution is 7.98. The standard InChI is InChI=1S/C24H23F3N2O4S2/c1-15-13-18(9-10-19(15)33-23(22(30)31-2)11-3-4-12-23)34-14-20-28-21(29-35-20)16-5-7-17(8-6-16)32-24(25,26)27/h5-10,13H,3-4,11-12,14H2,1-2H3. The van der Waals surface area contributed by atoms with Crippen LogP contribution in [0.4, 0.5) is 13.2 Å². The van der Waals surface area contributed by atoms with E-state index in [1.54, 1.807) is 11.8 Å². The van der Waals surface area contributed by atoms with Crippen LogP contribution in [0.2, 0.25) is 0 Å². The predicted octanol–water partition coefficient (Wildman–Crippen LogP) is 6.57. The molecule has 1 aliphatic rings. The normalized spacial score (nSPS) is 15.1. The molecule has 1 aliphatic carbocycles. The van der Waals surface area contributed by atoms with Gasteiger partial charge in [0.2, 0.25) is 5.60 Å². The first kappa shape index (κ1) is 25.3. The second-order valence-electron chi connectivity index (χ2n) is 8.09. The van der Waals surface area contributed by atoms with E-state index in [1.807, 2.05) is 25.1 Å². The third kappa shape index (κ3) is 6.26. The molecule has 1 fully saturated rings. The molecule has 4 rings (SSSR count). The summed E-state index contributed by atoms with van der Waals surface area (Å²) in [4.78, 5) is 17.8. The molecule has 2 aromatic carbocycles. The summed E-state index contributed by atoms with van der Waals surface area (Å²) < 4.78 is 56.3. The fourth-order valence-electron chi connectivity index (χ4n) is 3.90. The minimum Gasteiger partial charge on any atom is -0.475 e. The topological polar surface area (TPSA) is 70.5 Å². The van der Waals surface area contributed by atoms with Crippen molar-refractivity contribution < 1.29 is 32.2 Å². The first-order chi connectivity index (χ1) is 16.7. The van der Waals surface area contributed by atoms with Gasteiger partial charge in [-0.3, -0.25) is 0 Å². The Balaban J connectivity index is 1.37. The van der Waals surface area contributed by atoms with Crippen LogP contribution in [0, 0.1) is 6.92 Å². The van der Waals surface area contributed by atoms with Gasteiger partial charge in [0, 0.05) is 10.5 Å². The Hall–Kier alpha value is -2.79. The zero-order valence-corrected chi connectivity index (χ0v) is 20.7. The molecule has 0 unspecified atom stereocenters. The third-order valence-electron chi connectivity index (χ3n) is 5.60. The van der Waals surface area contributed by atoms with E-state index in [-0.39, 0.29) is 11.7 Å². The molecule has 35 heavy (non-hydrogen) atoms. The summed E-state index contributed by atoms with van der Waals surface area (Å²) in [6.45, 7) is 1.94. The number of ether oxygens (including phenoxy) is 3. The number of alkyl halides is 3. The van der Waals surface area contributed by atoms with E-state index in [0.717, 1.165) is 28.3 Å². The highest BCUT2D eigenvalue weighted by atomic mass is 32.2. The molecule has 11 heteroatoms. The van der Waals surface area contributed by atoms with Crippen LogP contribution in [0.1, 0.15) is 36.3 Å². The van der Waals surface area contributed by atoms with E-state index >= 15 is 0 Å².